The van der Waals surface area contributed by atoms with Gasteiger partial charge in [-0.05, 0) is 78.9 Å². The SMILES string of the molecule is CCc1ccc(C(=O)Nc2ccc(O)c(-c3cc(C4CCCC4)n(C(=O)NCc4ccc(Cl)c(Cl)c4)n3)c2)cc1. The molecule has 2 amide bonds. The first-order valence-corrected chi connectivity index (χ1v) is 14.1. The van der Waals surface area contributed by atoms with Crippen molar-refractivity contribution >= 4 is 40.8 Å². The summed E-state index contributed by atoms with van der Waals surface area (Å²) in [7, 11) is 0. The fraction of sp³-hybridized carbons (Fsp3) is 0.258. The number of anilines is 1. The minimum Gasteiger partial charge on any atom is -0.507 e. The highest BCUT2D eigenvalue weighted by molar-refractivity contribution is 6.42. The van der Waals surface area contributed by atoms with E-state index in [0.717, 1.165) is 48.9 Å². The topological polar surface area (TPSA) is 96.2 Å². The van der Waals surface area contributed by atoms with Crippen LogP contribution in [0.3, 0.4) is 0 Å². The first-order chi connectivity index (χ1) is 19.3. The van der Waals surface area contributed by atoms with Crippen molar-refractivity contribution in [2.24, 2.45) is 0 Å². The molecule has 3 N–H and O–H groups in total. The van der Waals surface area contributed by atoms with Gasteiger partial charge in [0.2, 0.25) is 0 Å². The first kappa shape index (κ1) is 27.7. The molecule has 40 heavy (non-hydrogen) atoms. The Bertz CT molecular complexity index is 1540. The third-order valence-electron chi connectivity index (χ3n) is 7.29. The van der Waals surface area contributed by atoms with E-state index in [1.165, 1.54) is 10.7 Å². The van der Waals surface area contributed by atoms with Crippen LogP contribution in [0.5, 0.6) is 5.75 Å². The molecule has 7 nitrogen and oxygen atoms in total. The number of aromatic nitrogens is 2. The van der Waals surface area contributed by atoms with Crippen molar-refractivity contribution < 1.29 is 14.7 Å². The fourth-order valence-corrected chi connectivity index (χ4v) is 5.34. The number of hydrogen-bond donors (Lipinski definition) is 3. The summed E-state index contributed by atoms with van der Waals surface area (Å²) in [4.78, 5) is 26.1. The Morgan fingerprint density at radius 2 is 1.68 bits per heavy atom. The monoisotopic (exact) mass is 576 g/mol. The third kappa shape index (κ3) is 6.16. The molecule has 0 saturated heterocycles. The van der Waals surface area contributed by atoms with Crippen molar-refractivity contribution in [3.05, 3.63) is 99.2 Å². The van der Waals surface area contributed by atoms with Crippen LogP contribution in [0.15, 0.2) is 66.7 Å². The molecule has 0 aliphatic heterocycles. The maximum Gasteiger partial charge on any atom is 0.342 e. The van der Waals surface area contributed by atoms with Gasteiger partial charge in [-0.3, -0.25) is 4.79 Å². The Hall–Kier alpha value is -3.81. The summed E-state index contributed by atoms with van der Waals surface area (Å²) in [6.45, 7) is 2.31. The summed E-state index contributed by atoms with van der Waals surface area (Å²) >= 11 is 12.1. The smallest absolute Gasteiger partial charge is 0.342 e. The molecule has 4 aromatic rings. The van der Waals surface area contributed by atoms with Gasteiger partial charge in [-0.2, -0.15) is 9.78 Å². The largest absolute Gasteiger partial charge is 0.507 e. The van der Waals surface area contributed by atoms with Crippen LogP contribution in [0.1, 0.15) is 65.7 Å². The Kier molecular flexibility index (Phi) is 8.43. The molecule has 1 aliphatic carbocycles. The van der Waals surface area contributed by atoms with E-state index in [0.29, 0.717) is 32.6 Å². The van der Waals surface area contributed by atoms with Crippen molar-refractivity contribution in [1.29, 1.82) is 0 Å². The van der Waals surface area contributed by atoms with Crippen molar-refractivity contribution in [3.63, 3.8) is 0 Å². The number of carbonyl (C=O) groups is 2. The zero-order valence-electron chi connectivity index (χ0n) is 22.1. The van der Waals surface area contributed by atoms with Gasteiger partial charge in [0.15, 0.2) is 0 Å². The number of aryl methyl sites for hydroxylation is 1. The van der Waals surface area contributed by atoms with Crippen LogP contribution in [0.2, 0.25) is 10.0 Å². The molecule has 9 heteroatoms. The second-order valence-corrected chi connectivity index (χ2v) is 10.8. The Morgan fingerprint density at radius 3 is 2.38 bits per heavy atom. The molecule has 1 heterocycles. The van der Waals surface area contributed by atoms with Crippen LogP contribution in [-0.2, 0) is 13.0 Å². The van der Waals surface area contributed by atoms with E-state index < -0.39 is 0 Å². The van der Waals surface area contributed by atoms with Gasteiger partial charge in [0.25, 0.3) is 5.91 Å². The maximum atomic E-state index is 13.3. The number of halogens is 2. The number of benzene rings is 3. The van der Waals surface area contributed by atoms with Crippen LogP contribution < -0.4 is 10.6 Å². The molecule has 1 aliphatic rings. The molecule has 0 atom stereocenters. The molecule has 5 rings (SSSR count). The van der Waals surface area contributed by atoms with E-state index in [1.54, 1.807) is 42.5 Å². The van der Waals surface area contributed by atoms with Crippen molar-refractivity contribution in [2.45, 2.75) is 51.5 Å². The molecule has 3 aromatic carbocycles. The van der Waals surface area contributed by atoms with Crippen molar-refractivity contribution in [3.8, 4) is 17.0 Å². The summed E-state index contributed by atoms with van der Waals surface area (Å²) in [5, 5.41) is 22.0. The highest BCUT2D eigenvalue weighted by atomic mass is 35.5. The van der Waals surface area contributed by atoms with Gasteiger partial charge in [-0.25, -0.2) is 4.79 Å². The van der Waals surface area contributed by atoms with E-state index in [1.807, 2.05) is 18.2 Å². The number of phenols is 1. The quantitative estimate of drug-likeness (QED) is 0.195. The van der Waals surface area contributed by atoms with Crippen molar-refractivity contribution in [1.82, 2.24) is 15.1 Å². The van der Waals surface area contributed by atoms with Gasteiger partial charge in [-0.1, -0.05) is 61.2 Å². The number of amides is 2. The molecular formula is C31H30Cl2N4O3. The Balaban J connectivity index is 1.40. The Morgan fingerprint density at radius 1 is 0.950 bits per heavy atom. The van der Waals surface area contributed by atoms with Crippen LogP contribution in [0.4, 0.5) is 10.5 Å². The number of hydrogen-bond acceptors (Lipinski definition) is 4. The van der Waals surface area contributed by atoms with E-state index in [9.17, 15) is 14.7 Å². The normalized spacial score (nSPS) is 13.4. The zero-order chi connectivity index (χ0) is 28.2. The van der Waals surface area contributed by atoms with E-state index in [2.05, 4.69) is 22.7 Å². The van der Waals surface area contributed by atoms with Gasteiger partial charge in [0.1, 0.15) is 5.75 Å². The lowest BCUT2D eigenvalue weighted by Crippen LogP contribution is -2.30. The minimum absolute atomic E-state index is 0.00383. The van der Waals surface area contributed by atoms with Crippen molar-refractivity contribution in [2.75, 3.05) is 5.32 Å². The van der Waals surface area contributed by atoms with Gasteiger partial charge in [0, 0.05) is 29.3 Å². The number of nitrogens with zero attached hydrogens (tertiary/aromatic N) is 2. The van der Waals surface area contributed by atoms with Gasteiger partial charge in [-0.15, -0.1) is 0 Å². The highest BCUT2D eigenvalue weighted by Crippen LogP contribution is 2.38. The van der Waals surface area contributed by atoms with Gasteiger partial charge >= 0.3 is 6.03 Å². The average Bonchev–Trinajstić information content (AvgIpc) is 3.65. The van der Waals surface area contributed by atoms with E-state index >= 15 is 0 Å². The molecule has 0 bridgehead atoms. The summed E-state index contributed by atoms with van der Waals surface area (Å²) < 4.78 is 1.39. The van der Waals surface area contributed by atoms with Gasteiger partial charge < -0.3 is 15.7 Å². The third-order valence-corrected chi connectivity index (χ3v) is 8.02. The summed E-state index contributed by atoms with van der Waals surface area (Å²) in [6.07, 6.45) is 4.99. The number of aromatic hydroxyl groups is 1. The van der Waals surface area contributed by atoms with Crippen LogP contribution in [0, 0.1) is 0 Å². The molecule has 0 spiro atoms. The predicted molar refractivity (Wildman–Crippen MR) is 158 cm³/mol. The number of nitrogens with one attached hydrogen (secondary N) is 2. The van der Waals surface area contributed by atoms with Crippen LogP contribution in [0.25, 0.3) is 11.3 Å². The van der Waals surface area contributed by atoms with E-state index in [4.69, 9.17) is 23.2 Å². The predicted octanol–water partition coefficient (Wildman–Crippen LogP) is 7.79. The number of rotatable bonds is 7. The standard InChI is InChI=1S/C31H30Cl2N4O3/c1-2-19-7-10-22(11-8-19)30(39)35-23-12-14-29(38)24(16-23)27-17-28(21-5-3-4-6-21)37(36-27)31(40)34-18-20-9-13-25(32)26(33)15-20/h7-17,21,38H,2-6,18H2,1H3,(H,34,40)(H,35,39). The molecule has 1 fully saturated rings. The minimum atomic E-state index is -0.376. The number of carbonyl (C=O) groups excluding carboxylic acids is 2. The molecule has 0 unspecified atom stereocenters. The average molecular weight is 578 g/mol. The molecule has 206 valence electrons. The number of phenolic OH excluding ortho intramolecular Hbond substituents is 1. The highest BCUT2D eigenvalue weighted by Gasteiger charge is 2.26. The van der Waals surface area contributed by atoms with Gasteiger partial charge in [0.05, 0.1) is 21.4 Å². The lowest BCUT2D eigenvalue weighted by atomic mass is 10.0. The Labute approximate surface area is 243 Å². The fourth-order valence-electron chi connectivity index (χ4n) is 5.02. The lowest BCUT2D eigenvalue weighted by Gasteiger charge is -2.12. The molecule has 1 saturated carbocycles. The first-order valence-electron chi connectivity index (χ1n) is 13.4. The second kappa shape index (κ2) is 12.1. The lowest BCUT2D eigenvalue weighted by molar-refractivity contribution is 0.102. The summed E-state index contributed by atoms with van der Waals surface area (Å²) in [5.74, 6) is -0.0598. The van der Waals surface area contributed by atoms with Crippen LogP contribution in [-0.4, -0.2) is 26.8 Å². The van der Waals surface area contributed by atoms with Crippen LogP contribution >= 0.6 is 23.2 Å². The molecule has 1 aromatic heterocycles. The maximum absolute atomic E-state index is 13.3. The summed E-state index contributed by atoms with van der Waals surface area (Å²) in [5.41, 5.74) is 4.68. The molecule has 0 radical (unpaired) electrons. The summed E-state index contributed by atoms with van der Waals surface area (Å²) in [6, 6.07) is 19.0. The van der Waals surface area contributed by atoms with E-state index in [-0.39, 0.29) is 30.2 Å². The molecular weight excluding hydrogens is 547 g/mol. The zero-order valence-corrected chi connectivity index (χ0v) is 23.6. The second-order valence-electron chi connectivity index (χ2n) is 9.99.